The van der Waals surface area contributed by atoms with Crippen LogP contribution in [-0.4, -0.2) is 96.7 Å². The molecular formula is C80H156O17P2. The second-order valence-electron chi connectivity index (χ2n) is 30.0. The van der Waals surface area contributed by atoms with Gasteiger partial charge in [0.2, 0.25) is 0 Å². The number of carbonyl (C=O) groups excluding carboxylic acids is 4. The molecule has 0 heterocycles. The lowest BCUT2D eigenvalue weighted by atomic mass is 9.99. The largest absolute Gasteiger partial charge is 0.472 e. The highest BCUT2D eigenvalue weighted by atomic mass is 31.2. The topological polar surface area (TPSA) is 237 Å². The van der Waals surface area contributed by atoms with Gasteiger partial charge in [0.25, 0.3) is 0 Å². The molecule has 19 heteroatoms. The minimum atomic E-state index is -4.96. The maximum Gasteiger partial charge on any atom is 0.472 e. The highest BCUT2D eigenvalue weighted by Gasteiger charge is 2.30. The van der Waals surface area contributed by atoms with Crippen LogP contribution in [0.5, 0.6) is 0 Å². The molecule has 0 fully saturated rings. The molecule has 0 aliphatic heterocycles. The number of rotatable bonds is 78. The predicted octanol–water partition coefficient (Wildman–Crippen LogP) is 23.7. The van der Waals surface area contributed by atoms with E-state index in [-0.39, 0.29) is 25.7 Å². The third kappa shape index (κ3) is 72.8. The van der Waals surface area contributed by atoms with E-state index in [1.54, 1.807) is 0 Å². The Morgan fingerprint density at radius 2 is 0.515 bits per heavy atom. The van der Waals surface area contributed by atoms with Crippen LogP contribution in [0, 0.1) is 17.8 Å². The Kier molecular flexibility index (Phi) is 69.0. The van der Waals surface area contributed by atoms with Crippen molar-refractivity contribution in [1.82, 2.24) is 0 Å². The molecule has 17 nitrogen and oxygen atoms in total. The van der Waals surface area contributed by atoms with E-state index in [1.807, 2.05) is 0 Å². The predicted molar refractivity (Wildman–Crippen MR) is 405 cm³/mol. The standard InChI is InChI=1S/C80H156O17P2/c1-8-10-11-12-13-14-15-16-17-18-19-20-21-22-23-24-34-42-49-56-63-79(84)96-75(67-90-77(82)61-54-47-40-33-28-26-32-39-46-53-60-73(7)9-2)69-94-98(86,87)92-65-74(81)66-93-99(88,89)95-70-76(68-91-78(83)62-55-48-41-36-29-31-38-45-52-59-72(5)6)97-80(85)64-57-50-43-35-27-25-30-37-44-51-58-71(3)4/h71-76,81H,8-70H2,1-7H3,(H,86,87)(H,88,89)/t73?,74-,75-,76-/m1/s1. The zero-order valence-corrected chi connectivity index (χ0v) is 66.8. The van der Waals surface area contributed by atoms with E-state index in [2.05, 4.69) is 48.5 Å². The molecule has 3 N–H and O–H groups in total. The molecular weight excluding hydrogens is 1290 g/mol. The van der Waals surface area contributed by atoms with Gasteiger partial charge in [0.1, 0.15) is 19.3 Å². The van der Waals surface area contributed by atoms with Crippen LogP contribution in [0.15, 0.2) is 0 Å². The first-order valence-corrected chi connectivity index (χ1v) is 44.4. The van der Waals surface area contributed by atoms with E-state index in [9.17, 15) is 43.2 Å². The summed E-state index contributed by atoms with van der Waals surface area (Å²) in [5.74, 6) is 0.192. The Morgan fingerprint density at radius 3 is 0.768 bits per heavy atom. The van der Waals surface area contributed by atoms with Gasteiger partial charge in [-0.05, 0) is 43.4 Å². The summed E-state index contributed by atoms with van der Waals surface area (Å²) in [6.07, 6.45) is 58.2. The number of hydrogen-bond acceptors (Lipinski definition) is 15. The third-order valence-electron chi connectivity index (χ3n) is 19.0. The van der Waals surface area contributed by atoms with Crippen molar-refractivity contribution in [3.63, 3.8) is 0 Å². The monoisotopic (exact) mass is 1450 g/mol. The fourth-order valence-electron chi connectivity index (χ4n) is 12.3. The number of hydrogen-bond donors (Lipinski definition) is 3. The zero-order valence-electron chi connectivity index (χ0n) is 65.0. The molecule has 6 atom stereocenters. The lowest BCUT2D eigenvalue weighted by Gasteiger charge is -2.21. The Bertz CT molecular complexity index is 1920. The van der Waals surface area contributed by atoms with Gasteiger partial charge >= 0.3 is 39.5 Å². The van der Waals surface area contributed by atoms with Crippen molar-refractivity contribution in [1.29, 1.82) is 0 Å². The number of unbranched alkanes of at least 4 members (excludes halogenated alkanes) is 45. The van der Waals surface area contributed by atoms with Gasteiger partial charge in [-0.15, -0.1) is 0 Å². The summed E-state index contributed by atoms with van der Waals surface area (Å²) in [4.78, 5) is 73.0. The number of ether oxygens (including phenoxy) is 4. The van der Waals surface area contributed by atoms with Crippen LogP contribution in [-0.2, 0) is 65.4 Å². The fraction of sp³-hybridized carbons (Fsp3) is 0.950. The number of phosphoric acid groups is 2. The van der Waals surface area contributed by atoms with Crippen molar-refractivity contribution in [2.24, 2.45) is 17.8 Å². The summed E-state index contributed by atoms with van der Waals surface area (Å²) >= 11 is 0. The Morgan fingerprint density at radius 1 is 0.293 bits per heavy atom. The third-order valence-corrected chi connectivity index (χ3v) is 20.9. The SMILES string of the molecule is CCCCCCCCCCCCCCCCCCCCCCC(=O)O[C@H](COC(=O)CCCCCCCCCCCCC(C)CC)COP(=O)(O)OC[C@@H](O)COP(=O)(O)OC[C@@H](COC(=O)CCCCCCCCCCCC(C)C)OC(=O)CCCCCCCCCCCCC(C)C. The maximum atomic E-state index is 13.1. The van der Waals surface area contributed by atoms with Crippen LogP contribution in [0.1, 0.15) is 414 Å². The minimum Gasteiger partial charge on any atom is -0.462 e. The van der Waals surface area contributed by atoms with Crippen molar-refractivity contribution in [3.8, 4) is 0 Å². The number of phosphoric ester groups is 2. The fourth-order valence-corrected chi connectivity index (χ4v) is 13.9. The lowest BCUT2D eigenvalue weighted by Crippen LogP contribution is -2.30. The Balaban J connectivity index is 5.25. The summed E-state index contributed by atoms with van der Waals surface area (Å²) in [5, 5.41) is 10.6. The molecule has 99 heavy (non-hydrogen) atoms. The molecule has 0 saturated carbocycles. The first-order chi connectivity index (χ1) is 47.8. The Labute approximate surface area is 607 Å². The van der Waals surface area contributed by atoms with Gasteiger partial charge in [-0.25, -0.2) is 9.13 Å². The van der Waals surface area contributed by atoms with E-state index in [0.29, 0.717) is 25.7 Å². The highest BCUT2D eigenvalue weighted by molar-refractivity contribution is 7.47. The summed E-state index contributed by atoms with van der Waals surface area (Å²) in [7, 11) is -9.92. The van der Waals surface area contributed by atoms with Gasteiger partial charge in [-0.2, -0.15) is 0 Å². The molecule has 0 aliphatic carbocycles. The van der Waals surface area contributed by atoms with Crippen LogP contribution >= 0.6 is 15.6 Å². The van der Waals surface area contributed by atoms with Gasteiger partial charge < -0.3 is 33.8 Å². The molecule has 0 aromatic heterocycles. The van der Waals surface area contributed by atoms with E-state index in [1.165, 1.54) is 225 Å². The first-order valence-electron chi connectivity index (χ1n) is 41.4. The lowest BCUT2D eigenvalue weighted by molar-refractivity contribution is -0.161. The molecule has 0 amide bonds. The minimum absolute atomic E-state index is 0.106. The van der Waals surface area contributed by atoms with Crippen molar-refractivity contribution in [2.75, 3.05) is 39.6 Å². The number of aliphatic hydroxyl groups is 1. The van der Waals surface area contributed by atoms with Crippen LogP contribution in [0.25, 0.3) is 0 Å². The van der Waals surface area contributed by atoms with E-state index in [4.69, 9.17) is 37.0 Å². The van der Waals surface area contributed by atoms with Crippen LogP contribution in [0.3, 0.4) is 0 Å². The quantitative estimate of drug-likeness (QED) is 0.0222. The van der Waals surface area contributed by atoms with Crippen LogP contribution in [0.4, 0.5) is 0 Å². The molecule has 0 saturated heterocycles. The number of esters is 4. The van der Waals surface area contributed by atoms with Crippen LogP contribution < -0.4 is 0 Å². The molecule has 0 aromatic carbocycles. The Hall–Kier alpha value is -1.94. The summed E-state index contributed by atoms with van der Waals surface area (Å²) in [5.41, 5.74) is 0. The zero-order chi connectivity index (χ0) is 73.0. The van der Waals surface area contributed by atoms with Crippen molar-refractivity contribution >= 4 is 39.5 Å². The first kappa shape index (κ1) is 97.1. The smallest absolute Gasteiger partial charge is 0.462 e. The van der Waals surface area contributed by atoms with Gasteiger partial charge in [-0.3, -0.25) is 37.3 Å². The van der Waals surface area contributed by atoms with Crippen molar-refractivity contribution in [2.45, 2.75) is 433 Å². The van der Waals surface area contributed by atoms with Gasteiger partial charge in [0.05, 0.1) is 26.4 Å². The van der Waals surface area contributed by atoms with Crippen LogP contribution in [0.2, 0.25) is 0 Å². The molecule has 0 rings (SSSR count). The second-order valence-corrected chi connectivity index (χ2v) is 32.9. The van der Waals surface area contributed by atoms with E-state index in [0.717, 1.165) is 108 Å². The average molecular weight is 1450 g/mol. The molecule has 0 aliphatic rings. The van der Waals surface area contributed by atoms with E-state index >= 15 is 0 Å². The number of aliphatic hydroxyl groups excluding tert-OH is 1. The highest BCUT2D eigenvalue weighted by Crippen LogP contribution is 2.45. The summed E-state index contributed by atoms with van der Waals surface area (Å²) in [6.45, 7) is 11.9. The van der Waals surface area contributed by atoms with Crippen molar-refractivity contribution < 1.29 is 80.2 Å². The molecule has 0 radical (unpaired) electrons. The molecule has 0 aromatic rings. The molecule has 588 valence electrons. The average Bonchev–Trinajstić information content (AvgIpc) is 1.06. The van der Waals surface area contributed by atoms with E-state index < -0.39 is 97.5 Å². The van der Waals surface area contributed by atoms with Gasteiger partial charge in [0, 0.05) is 25.7 Å². The molecule has 0 bridgehead atoms. The number of carbonyl (C=O) groups is 4. The summed E-state index contributed by atoms with van der Waals surface area (Å²) in [6, 6.07) is 0. The van der Waals surface area contributed by atoms with Gasteiger partial charge in [-0.1, -0.05) is 363 Å². The molecule has 0 spiro atoms. The maximum absolute atomic E-state index is 13.1. The normalized spacial score (nSPS) is 14.3. The van der Waals surface area contributed by atoms with Gasteiger partial charge in [0.15, 0.2) is 12.2 Å². The second kappa shape index (κ2) is 70.4. The summed E-state index contributed by atoms with van der Waals surface area (Å²) < 4.78 is 68.7. The molecule has 3 unspecified atom stereocenters. The van der Waals surface area contributed by atoms with Crippen molar-refractivity contribution in [3.05, 3.63) is 0 Å².